The van der Waals surface area contributed by atoms with Crippen LogP contribution in [0.25, 0.3) is 0 Å². The predicted molar refractivity (Wildman–Crippen MR) is 75.2 cm³/mol. The number of thiophene rings is 1. The lowest BCUT2D eigenvalue weighted by atomic mass is 9.85. The molecule has 1 saturated carbocycles. The summed E-state index contributed by atoms with van der Waals surface area (Å²) in [6.45, 7) is 6.51. The summed E-state index contributed by atoms with van der Waals surface area (Å²) >= 11 is 1.53. The second-order valence-corrected chi connectivity index (χ2v) is 6.31. The van der Waals surface area contributed by atoms with Gasteiger partial charge in [0, 0.05) is 10.3 Å². The number of anilines is 1. The SMILES string of the molecule is CCOC(=O)c1sc(C2(C)CCCC2)c(C)c1N. The maximum absolute atomic E-state index is 11.9. The molecule has 0 atom stereocenters. The molecule has 18 heavy (non-hydrogen) atoms. The number of nitrogen functional groups attached to an aromatic ring is 1. The van der Waals surface area contributed by atoms with E-state index in [2.05, 4.69) is 6.92 Å². The Labute approximate surface area is 112 Å². The lowest BCUT2D eigenvalue weighted by Gasteiger charge is -2.23. The van der Waals surface area contributed by atoms with Gasteiger partial charge in [-0.1, -0.05) is 19.8 Å². The molecule has 1 aliphatic carbocycles. The zero-order valence-corrected chi connectivity index (χ0v) is 12.2. The molecule has 0 saturated heterocycles. The monoisotopic (exact) mass is 267 g/mol. The van der Waals surface area contributed by atoms with Crippen molar-refractivity contribution in [2.75, 3.05) is 12.3 Å². The van der Waals surface area contributed by atoms with Gasteiger partial charge in [0.25, 0.3) is 0 Å². The molecule has 1 aromatic rings. The summed E-state index contributed by atoms with van der Waals surface area (Å²) in [5.74, 6) is -0.282. The molecule has 0 unspecified atom stereocenters. The highest BCUT2D eigenvalue weighted by atomic mass is 32.1. The topological polar surface area (TPSA) is 52.3 Å². The van der Waals surface area contributed by atoms with Gasteiger partial charge in [-0.05, 0) is 32.3 Å². The standard InChI is InChI=1S/C14H21NO2S/c1-4-17-13(16)11-10(15)9(2)12(18-11)14(3)7-5-6-8-14/h4-8,15H2,1-3H3. The minimum atomic E-state index is -0.282. The van der Waals surface area contributed by atoms with Gasteiger partial charge >= 0.3 is 5.97 Å². The zero-order chi connectivity index (χ0) is 13.3. The maximum Gasteiger partial charge on any atom is 0.350 e. The molecule has 1 fully saturated rings. The average Bonchev–Trinajstić information content (AvgIpc) is 2.87. The number of carbonyl (C=O) groups excluding carboxylic acids is 1. The van der Waals surface area contributed by atoms with E-state index in [1.165, 1.54) is 41.9 Å². The lowest BCUT2D eigenvalue weighted by molar-refractivity contribution is 0.0533. The van der Waals surface area contributed by atoms with Crippen LogP contribution >= 0.6 is 11.3 Å². The van der Waals surface area contributed by atoms with Crippen LogP contribution < -0.4 is 5.73 Å². The van der Waals surface area contributed by atoms with Crippen molar-refractivity contribution in [3.63, 3.8) is 0 Å². The van der Waals surface area contributed by atoms with Crippen LogP contribution in [0.5, 0.6) is 0 Å². The van der Waals surface area contributed by atoms with Crippen molar-refractivity contribution >= 4 is 23.0 Å². The van der Waals surface area contributed by atoms with Crippen LogP contribution in [0.1, 0.15) is 59.6 Å². The average molecular weight is 267 g/mol. The molecule has 0 aliphatic heterocycles. The fourth-order valence-corrected chi connectivity index (χ4v) is 4.16. The highest BCUT2D eigenvalue weighted by Gasteiger charge is 2.35. The van der Waals surface area contributed by atoms with Gasteiger partial charge in [0.15, 0.2) is 0 Å². The summed E-state index contributed by atoms with van der Waals surface area (Å²) in [4.78, 5) is 13.7. The van der Waals surface area contributed by atoms with Crippen LogP contribution in [-0.2, 0) is 10.2 Å². The molecule has 0 aromatic carbocycles. The van der Waals surface area contributed by atoms with E-state index >= 15 is 0 Å². The molecule has 0 spiro atoms. The molecule has 2 rings (SSSR count). The molecule has 2 N–H and O–H groups in total. The third-order valence-electron chi connectivity index (χ3n) is 3.91. The molecular formula is C14H21NO2S. The second kappa shape index (κ2) is 4.92. The smallest absolute Gasteiger partial charge is 0.350 e. The molecule has 100 valence electrons. The summed E-state index contributed by atoms with van der Waals surface area (Å²) in [6, 6.07) is 0. The van der Waals surface area contributed by atoms with Crippen molar-refractivity contribution in [2.24, 2.45) is 0 Å². The highest BCUT2D eigenvalue weighted by molar-refractivity contribution is 7.15. The van der Waals surface area contributed by atoms with Gasteiger partial charge in [-0.15, -0.1) is 11.3 Å². The van der Waals surface area contributed by atoms with Crippen LogP contribution in [-0.4, -0.2) is 12.6 Å². The minimum absolute atomic E-state index is 0.202. The van der Waals surface area contributed by atoms with Crippen LogP contribution in [0.4, 0.5) is 5.69 Å². The lowest BCUT2D eigenvalue weighted by Crippen LogP contribution is -2.16. The van der Waals surface area contributed by atoms with Gasteiger partial charge in [-0.25, -0.2) is 4.79 Å². The van der Waals surface area contributed by atoms with E-state index in [4.69, 9.17) is 10.5 Å². The first-order chi connectivity index (χ1) is 8.49. The predicted octanol–water partition coefficient (Wildman–Crippen LogP) is 3.65. The molecule has 3 nitrogen and oxygen atoms in total. The minimum Gasteiger partial charge on any atom is -0.462 e. The quantitative estimate of drug-likeness (QED) is 0.850. The van der Waals surface area contributed by atoms with Gasteiger partial charge in [0.2, 0.25) is 0 Å². The second-order valence-electron chi connectivity index (χ2n) is 5.29. The molecule has 1 aromatic heterocycles. The molecule has 4 heteroatoms. The van der Waals surface area contributed by atoms with Crippen molar-refractivity contribution in [1.29, 1.82) is 0 Å². The van der Waals surface area contributed by atoms with Gasteiger partial charge < -0.3 is 10.5 Å². The van der Waals surface area contributed by atoms with E-state index < -0.39 is 0 Å². The Morgan fingerprint density at radius 2 is 2.06 bits per heavy atom. The van der Waals surface area contributed by atoms with Crippen LogP contribution in [0.15, 0.2) is 0 Å². The number of esters is 1. The largest absolute Gasteiger partial charge is 0.462 e. The van der Waals surface area contributed by atoms with Gasteiger partial charge in [-0.2, -0.15) is 0 Å². The van der Waals surface area contributed by atoms with Gasteiger partial charge in [0.1, 0.15) is 4.88 Å². The van der Waals surface area contributed by atoms with E-state index in [-0.39, 0.29) is 11.4 Å². The summed E-state index contributed by atoms with van der Waals surface area (Å²) in [5.41, 5.74) is 7.96. The van der Waals surface area contributed by atoms with E-state index in [1.807, 2.05) is 13.8 Å². The van der Waals surface area contributed by atoms with Crippen LogP contribution in [0.2, 0.25) is 0 Å². The summed E-state index contributed by atoms with van der Waals surface area (Å²) in [7, 11) is 0. The van der Waals surface area contributed by atoms with Crippen molar-refractivity contribution in [2.45, 2.75) is 51.9 Å². The first-order valence-electron chi connectivity index (χ1n) is 6.56. The molecule has 1 aliphatic rings. The number of carbonyl (C=O) groups is 1. The van der Waals surface area contributed by atoms with Crippen molar-refractivity contribution in [3.05, 3.63) is 15.3 Å². The van der Waals surface area contributed by atoms with Crippen LogP contribution in [0.3, 0.4) is 0 Å². The molecule has 1 heterocycles. The number of rotatable bonds is 3. The number of nitrogens with two attached hydrogens (primary N) is 1. The van der Waals surface area contributed by atoms with E-state index in [0.717, 1.165) is 5.56 Å². The number of ether oxygens (including phenoxy) is 1. The van der Waals surface area contributed by atoms with Crippen LogP contribution in [0, 0.1) is 6.92 Å². The first kappa shape index (κ1) is 13.4. The Bertz CT molecular complexity index is 459. The van der Waals surface area contributed by atoms with Gasteiger partial charge in [-0.3, -0.25) is 0 Å². The maximum atomic E-state index is 11.9. The normalized spacial score (nSPS) is 17.9. The first-order valence-corrected chi connectivity index (χ1v) is 7.37. The molecule has 0 radical (unpaired) electrons. The fourth-order valence-electron chi connectivity index (χ4n) is 2.83. The summed E-state index contributed by atoms with van der Waals surface area (Å²) in [5, 5.41) is 0. The van der Waals surface area contributed by atoms with Gasteiger partial charge in [0.05, 0.1) is 12.3 Å². The zero-order valence-electron chi connectivity index (χ0n) is 11.3. The third kappa shape index (κ3) is 2.14. The Balaban J connectivity index is 2.39. The Kier molecular flexibility index (Phi) is 3.66. The Hall–Kier alpha value is -1.03. The van der Waals surface area contributed by atoms with Crippen molar-refractivity contribution in [1.82, 2.24) is 0 Å². The summed E-state index contributed by atoms with van der Waals surface area (Å²) < 4.78 is 5.06. The Morgan fingerprint density at radius 1 is 1.44 bits per heavy atom. The molecule has 0 bridgehead atoms. The van der Waals surface area contributed by atoms with Crippen molar-refractivity contribution in [3.8, 4) is 0 Å². The third-order valence-corrected chi connectivity index (χ3v) is 5.50. The molecular weight excluding hydrogens is 246 g/mol. The Morgan fingerprint density at radius 3 is 2.61 bits per heavy atom. The highest BCUT2D eigenvalue weighted by Crippen LogP contribution is 2.47. The molecule has 0 amide bonds. The fraction of sp³-hybridized carbons (Fsp3) is 0.643. The van der Waals surface area contributed by atoms with E-state index in [9.17, 15) is 4.79 Å². The van der Waals surface area contributed by atoms with E-state index in [1.54, 1.807) is 0 Å². The number of hydrogen-bond acceptors (Lipinski definition) is 4. The van der Waals surface area contributed by atoms with Crippen molar-refractivity contribution < 1.29 is 9.53 Å². The summed E-state index contributed by atoms with van der Waals surface area (Å²) in [6.07, 6.45) is 4.91. The van der Waals surface area contributed by atoms with E-state index in [0.29, 0.717) is 17.2 Å². The number of hydrogen-bond donors (Lipinski definition) is 1.